The van der Waals surface area contributed by atoms with Crippen LogP contribution in [0.25, 0.3) is 0 Å². The van der Waals surface area contributed by atoms with E-state index in [1.54, 1.807) is 17.4 Å². The number of Topliss-reactive ketones (excluding diaryl/α,β-unsaturated/α-hetero) is 1. The Morgan fingerprint density at radius 1 is 1.06 bits per heavy atom. The quantitative estimate of drug-likeness (QED) is 0.184. The number of ether oxygens (including phenoxy) is 2. The molecule has 0 aromatic heterocycles. The molecule has 0 aliphatic heterocycles. The minimum Gasteiger partial charge on any atom is -0.507 e. The second-order valence-electron chi connectivity index (χ2n) is 11.4. The Kier molecular flexibility index (Phi) is 10.9. The van der Waals surface area contributed by atoms with Gasteiger partial charge in [-0.05, 0) is 43.7 Å². The summed E-state index contributed by atoms with van der Waals surface area (Å²) in [4.78, 5) is 64.4. The van der Waals surface area contributed by atoms with Crippen molar-refractivity contribution in [1.82, 2.24) is 10.2 Å². The van der Waals surface area contributed by atoms with Gasteiger partial charge in [-0.1, -0.05) is 36.9 Å². The first kappa shape index (κ1) is 35.3. The van der Waals surface area contributed by atoms with Gasteiger partial charge in [-0.2, -0.15) is 13.2 Å². The van der Waals surface area contributed by atoms with Crippen LogP contribution in [0.3, 0.4) is 0 Å². The van der Waals surface area contributed by atoms with Crippen LogP contribution >= 0.6 is 0 Å². The lowest BCUT2D eigenvalue weighted by atomic mass is 9.71. The fourth-order valence-electron chi connectivity index (χ4n) is 5.80. The molecular weight excluding hydrogens is 625 g/mol. The van der Waals surface area contributed by atoms with Gasteiger partial charge in [-0.3, -0.25) is 19.2 Å². The molecule has 0 unspecified atom stereocenters. The largest absolute Gasteiger partial charge is 0.507 e. The van der Waals surface area contributed by atoms with Gasteiger partial charge in [0.1, 0.15) is 18.0 Å². The third-order valence-corrected chi connectivity index (χ3v) is 8.28. The molecule has 0 saturated heterocycles. The fraction of sp³-hybridized carbons (Fsp3) is 0.424. The van der Waals surface area contributed by atoms with E-state index in [0.717, 1.165) is 0 Å². The van der Waals surface area contributed by atoms with Gasteiger partial charge in [0, 0.05) is 54.9 Å². The zero-order chi connectivity index (χ0) is 34.5. The van der Waals surface area contributed by atoms with Crippen LogP contribution in [-0.2, 0) is 38.5 Å². The van der Waals surface area contributed by atoms with Crippen LogP contribution in [0.4, 0.5) is 18.0 Å². The highest BCUT2D eigenvalue weighted by Crippen LogP contribution is 2.44. The molecule has 47 heavy (non-hydrogen) atoms. The standard InChI is InChI=1S/C33H35F3N2O9/c1-3-15-47-31(44)38(13-6-12-37-30(43)33(34,35)36)14-7-16-46-18-24-20-10-11-32(45,19(2)39)17-23(20)29(42)26-25(24)27(40)21-8-4-5-9-22(21)28(26)41/h3-5,8-9,42,45H,1,6-7,10-18H2,2H3,(H,37,43)/t32-/m1/s1. The first-order valence-corrected chi connectivity index (χ1v) is 15.0. The van der Waals surface area contributed by atoms with Gasteiger partial charge in [-0.15, -0.1) is 0 Å². The summed E-state index contributed by atoms with van der Waals surface area (Å²) >= 11 is 0. The zero-order valence-corrected chi connectivity index (χ0v) is 25.7. The number of alkyl halides is 3. The maximum atomic E-state index is 13.7. The van der Waals surface area contributed by atoms with Gasteiger partial charge >= 0.3 is 18.2 Å². The molecule has 0 fully saturated rings. The van der Waals surface area contributed by atoms with E-state index in [1.165, 1.54) is 30.0 Å². The molecule has 1 atom stereocenters. The molecule has 2 aromatic rings. The van der Waals surface area contributed by atoms with E-state index in [1.807, 2.05) is 0 Å². The number of carbonyl (C=O) groups is 5. The first-order valence-electron chi connectivity index (χ1n) is 15.0. The van der Waals surface area contributed by atoms with Crippen LogP contribution in [0.2, 0.25) is 0 Å². The van der Waals surface area contributed by atoms with Crippen molar-refractivity contribution in [3.63, 3.8) is 0 Å². The summed E-state index contributed by atoms with van der Waals surface area (Å²) in [5.41, 5.74) is -0.637. The summed E-state index contributed by atoms with van der Waals surface area (Å²) in [5.74, 6) is -4.09. The van der Waals surface area contributed by atoms with E-state index in [9.17, 15) is 47.4 Å². The summed E-state index contributed by atoms with van der Waals surface area (Å²) in [6, 6.07) is 6.21. The Morgan fingerprint density at radius 2 is 1.70 bits per heavy atom. The van der Waals surface area contributed by atoms with Gasteiger partial charge < -0.3 is 29.9 Å². The highest BCUT2D eigenvalue weighted by molar-refractivity contribution is 6.30. The number of carbonyl (C=O) groups excluding carboxylic acids is 5. The Bertz CT molecular complexity index is 1600. The van der Waals surface area contributed by atoms with Gasteiger partial charge in [-0.25, -0.2) is 4.79 Å². The second-order valence-corrected chi connectivity index (χ2v) is 11.4. The van der Waals surface area contributed by atoms with Gasteiger partial charge in [0.2, 0.25) is 0 Å². The molecule has 0 bridgehead atoms. The Balaban J connectivity index is 1.51. The molecule has 2 aliphatic carbocycles. The minimum atomic E-state index is -5.02. The van der Waals surface area contributed by atoms with Crippen molar-refractivity contribution in [2.24, 2.45) is 0 Å². The van der Waals surface area contributed by atoms with E-state index < -0.39 is 46.9 Å². The topological polar surface area (TPSA) is 160 Å². The van der Waals surface area contributed by atoms with E-state index >= 15 is 0 Å². The van der Waals surface area contributed by atoms with Crippen molar-refractivity contribution < 1.29 is 56.8 Å². The highest BCUT2D eigenvalue weighted by Gasteiger charge is 2.43. The average Bonchev–Trinajstić information content (AvgIpc) is 3.03. The number of fused-ring (bicyclic) bond motifs is 3. The molecule has 4 rings (SSSR count). The SMILES string of the molecule is C=CCOC(=O)N(CCCNC(=O)C(F)(F)F)CCCOCc1c2c(c(O)c3c1C(=O)c1ccccc1C3=O)C[C@@](O)(C(C)=O)CC2. The van der Waals surface area contributed by atoms with Crippen molar-refractivity contribution in [2.45, 2.75) is 57.4 Å². The van der Waals surface area contributed by atoms with Gasteiger partial charge in [0.05, 0.1) is 12.2 Å². The number of nitrogens with one attached hydrogen (secondary N) is 1. The lowest BCUT2D eigenvalue weighted by molar-refractivity contribution is -0.173. The number of amides is 2. The van der Waals surface area contributed by atoms with Crippen LogP contribution in [-0.4, -0.2) is 89.1 Å². The highest BCUT2D eigenvalue weighted by atomic mass is 19.4. The summed E-state index contributed by atoms with van der Waals surface area (Å²) in [6.07, 6.45) is -4.25. The lowest BCUT2D eigenvalue weighted by Gasteiger charge is -2.35. The van der Waals surface area contributed by atoms with Crippen LogP contribution in [0, 0.1) is 0 Å². The Hall–Kier alpha value is -4.56. The van der Waals surface area contributed by atoms with Crippen LogP contribution in [0.1, 0.15) is 74.7 Å². The number of aromatic hydroxyl groups is 1. The van der Waals surface area contributed by atoms with Crippen molar-refractivity contribution >= 4 is 29.4 Å². The molecule has 2 aromatic carbocycles. The summed E-state index contributed by atoms with van der Waals surface area (Å²) in [6.45, 7) is 4.20. The third kappa shape index (κ3) is 7.54. The van der Waals surface area contributed by atoms with Crippen LogP contribution < -0.4 is 5.32 Å². The second kappa shape index (κ2) is 14.5. The molecule has 2 aliphatic rings. The molecule has 0 radical (unpaired) electrons. The maximum absolute atomic E-state index is 13.7. The van der Waals surface area contributed by atoms with Crippen LogP contribution in [0.5, 0.6) is 5.75 Å². The van der Waals surface area contributed by atoms with Gasteiger partial charge in [0.25, 0.3) is 0 Å². The normalized spacial score (nSPS) is 16.9. The number of phenols is 1. The number of hydrogen-bond donors (Lipinski definition) is 3. The monoisotopic (exact) mass is 660 g/mol. The van der Waals surface area contributed by atoms with Crippen molar-refractivity contribution in [2.75, 3.05) is 32.8 Å². The van der Waals surface area contributed by atoms with Gasteiger partial charge in [0.15, 0.2) is 17.3 Å². The molecular formula is C33H35F3N2O9. The number of ketones is 3. The predicted molar refractivity (Wildman–Crippen MR) is 160 cm³/mol. The molecule has 252 valence electrons. The number of nitrogens with zero attached hydrogens (tertiary/aromatic N) is 1. The molecule has 2 amide bonds. The van der Waals surface area contributed by atoms with E-state index in [-0.39, 0.29) is 99.4 Å². The minimum absolute atomic E-state index is 0.00579. The van der Waals surface area contributed by atoms with Crippen molar-refractivity contribution in [1.29, 1.82) is 0 Å². The zero-order valence-electron chi connectivity index (χ0n) is 25.7. The number of aliphatic hydroxyl groups is 1. The summed E-state index contributed by atoms with van der Waals surface area (Å²) in [5, 5.41) is 24.0. The number of phenolic OH excluding ortho intramolecular Hbond substituents is 1. The summed E-state index contributed by atoms with van der Waals surface area (Å²) in [7, 11) is 0. The lowest BCUT2D eigenvalue weighted by Crippen LogP contribution is -2.43. The van der Waals surface area contributed by atoms with E-state index in [2.05, 4.69) is 6.58 Å². The number of benzene rings is 2. The maximum Gasteiger partial charge on any atom is 0.471 e. The third-order valence-electron chi connectivity index (χ3n) is 8.28. The molecule has 3 N–H and O–H groups in total. The number of halogens is 3. The molecule has 0 saturated carbocycles. The van der Waals surface area contributed by atoms with Crippen molar-refractivity contribution in [3.05, 3.63) is 75.9 Å². The predicted octanol–water partition coefficient (Wildman–Crippen LogP) is 3.58. The van der Waals surface area contributed by atoms with E-state index in [4.69, 9.17) is 9.47 Å². The van der Waals surface area contributed by atoms with Crippen molar-refractivity contribution in [3.8, 4) is 5.75 Å². The molecule has 0 spiro atoms. The first-order chi connectivity index (χ1) is 22.2. The molecule has 14 heteroatoms. The summed E-state index contributed by atoms with van der Waals surface area (Å²) < 4.78 is 48.3. The molecule has 11 nitrogen and oxygen atoms in total. The number of rotatable bonds is 13. The number of hydrogen-bond acceptors (Lipinski definition) is 9. The Morgan fingerprint density at radius 3 is 2.32 bits per heavy atom. The van der Waals surface area contributed by atoms with E-state index in [0.29, 0.717) is 11.1 Å². The fourth-order valence-corrected chi connectivity index (χ4v) is 5.80. The average molecular weight is 661 g/mol. The molecule has 0 heterocycles. The van der Waals surface area contributed by atoms with Crippen LogP contribution in [0.15, 0.2) is 36.9 Å². The Labute approximate surface area is 268 Å². The smallest absolute Gasteiger partial charge is 0.471 e.